The zero-order valence-electron chi connectivity index (χ0n) is 18.8. The quantitative estimate of drug-likeness (QED) is 0.497. The lowest BCUT2D eigenvalue weighted by atomic mass is 9.45. The van der Waals surface area contributed by atoms with E-state index in [-0.39, 0.29) is 29.2 Å². The summed E-state index contributed by atoms with van der Waals surface area (Å²) >= 11 is 0. The Hall–Kier alpha value is -1.14. The normalized spacial score (nSPS) is 43.6. The highest BCUT2D eigenvalue weighted by Gasteiger charge is 2.61. The molecule has 0 amide bonds. The first-order valence-electron chi connectivity index (χ1n) is 11.3. The van der Waals surface area contributed by atoms with Gasteiger partial charge in [0.05, 0.1) is 11.4 Å². The minimum Gasteiger partial charge on any atom is -0.411 e. The lowest BCUT2D eigenvalue weighted by molar-refractivity contribution is -0.133. The van der Waals surface area contributed by atoms with Gasteiger partial charge in [0.15, 0.2) is 0 Å². The SMILES string of the molecule is CC(C)(N)CON=C1CC[C@@]2(C)C(C1)C(=NO)C[C@@H]1[C@@H]2CC[C@]2(C)C(=O)CC[C@@H]12.Cl. The fourth-order valence-electron chi connectivity index (χ4n) is 7.13. The Kier molecular flexibility index (Phi) is 6.34. The molecule has 0 aromatic heterocycles. The largest absolute Gasteiger partial charge is 0.411 e. The van der Waals surface area contributed by atoms with E-state index in [0.29, 0.717) is 30.1 Å². The number of halogens is 1. The molecule has 1 unspecified atom stereocenters. The number of ketones is 1. The summed E-state index contributed by atoms with van der Waals surface area (Å²) in [6.07, 6.45) is 7.42. The van der Waals surface area contributed by atoms with Gasteiger partial charge in [-0.2, -0.15) is 0 Å². The Morgan fingerprint density at radius 3 is 2.57 bits per heavy atom. The maximum absolute atomic E-state index is 12.6. The van der Waals surface area contributed by atoms with Gasteiger partial charge in [-0.3, -0.25) is 4.79 Å². The molecule has 4 saturated carbocycles. The van der Waals surface area contributed by atoms with Gasteiger partial charge in [-0.1, -0.05) is 24.2 Å². The Bertz CT molecular complexity index is 746. The van der Waals surface area contributed by atoms with Crippen molar-refractivity contribution in [2.75, 3.05) is 6.61 Å². The van der Waals surface area contributed by atoms with Crippen molar-refractivity contribution >= 4 is 29.6 Å². The van der Waals surface area contributed by atoms with Crippen LogP contribution >= 0.6 is 12.4 Å². The molecule has 4 aliphatic carbocycles. The number of rotatable bonds is 3. The van der Waals surface area contributed by atoms with Gasteiger partial charge in [-0.05, 0) is 82.0 Å². The third kappa shape index (κ3) is 3.79. The minimum atomic E-state index is -0.406. The number of hydrogen-bond donors (Lipinski definition) is 2. The van der Waals surface area contributed by atoms with Gasteiger partial charge >= 0.3 is 0 Å². The summed E-state index contributed by atoms with van der Waals surface area (Å²) in [6, 6.07) is 0. The van der Waals surface area contributed by atoms with Crippen LogP contribution in [0.5, 0.6) is 0 Å². The third-order valence-corrected chi connectivity index (χ3v) is 8.79. The van der Waals surface area contributed by atoms with Crippen LogP contribution in [-0.4, -0.2) is 34.6 Å². The molecule has 0 spiro atoms. The van der Waals surface area contributed by atoms with Gasteiger partial charge in [-0.25, -0.2) is 0 Å². The highest BCUT2D eigenvalue weighted by atomic mass is 35.5. The predicted octanol–water partition coefficient (Wildman–Crippen LogP) is 4.57. The number of carbonyl (C=O) groups excluding carboxylic acids is 1. The van der Waals surface area contributed by atoms with Gasteiger partial charge in [-0.15, -0.1) is 12.4 Å². The first kappa shape index (κ1) is 23.5. The van der Waals surface area contributed by atoms with E-state index in [9.17, 15) is 10.0 Å². The number of hydrogen-bond acceptors (Lipinski definition) is 6. The second kappa shape index (κ2) is 8.09. The summed E-state index contributed by atoms with van der Waals surface area (Å²) < 4.78 is 0. The molecule has 170 valence electrons. The van der Waals surface area contributed by atoms with E-state index < -0.39 is 5.54 Å². The molecule has 0 saturated heterocycles. The Balaban J connectivity index is 0.00000256. The third-order valence-electron chi connectivity index (χ3n) is 8.79. The van der Waals surface area contributed by atoms with Crippen LogP contribution in [0.15, 0.2) is 10.3 Å². The fourth-order valence-corrected chi connectivity index (χ4v) is 7.13. The average molecular weight is 440 g/mol. The van der Waals surface area contributed by atoms with E-state index >= 15 is 0 Å². The minimum absolute atomic E-state index is 0. The zero-order chi connectivity index (χ0) is 21.0. The van der Waals surface area contributed by atoms with E-state index in [1.165, 1.54) is 0 Å². The summed E-state index contributed by atoms with van der Waals surface area (Å²) in [5.41, 5.74) is 7.48. The van der Waals surface area contributed by atoms with Gasteiger partial charge in [0, 0.05) is 23.3 Å². The topological polar surface area (TPSA) is 97.3 Å². The van der Waals surface area contributed by atoms with Crippen LogP contribution in [0.25, 0.3) is 0 Å². The number of Topliss-reactive ketones (excluding diaryl/α,β-unsaturated/α-hetero) is 1. The zero-order valence-corrected chi connectivity index (χ0v) is 19.6. The molecule has 7 heteroatoms. The molecule has 6 nitrogen and oxygen atoms in total. The van der Waals surface area contributed by atoms with Gasteiger partial charge < -0.3 is 15.8 Å². The van der Waals surface area contributed by atoms with Crippen molar-refractivity contribution in [2.24, 2.45) is 50.5 Å². The first-order chi connectivity index (χ1) is 13.6. The summed E-state index contributed by atoms with van der Waals surface area (Å²) in [6.45, 7) is 8.81. The van der Waals surface area contributed by atoms with Crippen molar-refractivity contribution in [2.45, 2.75) is 84.6 Å². The van der Waals surface area contributed by atoms with Crippen LogP contribution in [0, 0.1) is 34.5 Å². The lowest BCUT2D eigenvalue weighted by Crippen LogP contribution is -2.56. The molecule has 4 fully saturated rings. The second-order valence-electron chi connectivity index (χ2n) is 11.3. The van der Waals surface area contributed by atoms with E-state index in [4.69, 9.17) is 10.6 Å². The molecule has 30 heavy (non-hydrogen) atoms. The van der Waals surface area contributed by atoms with Crippen molar-refractivity contribution in [3.05, 3.63) is 0 Å². The van der Waals surface area contributed by atoms with E-state index in [0.717, 1.165) is 62.8 Å². The highest BCUT2D eigenvalue weighted by Crippen LogP contribution is 2.64. The number of nitrogens with zero attached hydrogens (tertiary/aromatic N) is 2. The summed E-state index contributed by atoms with van der Waals surface area (Å²) in [5.74, 6) is 2.15. The molecule has 0 aromatic carbocycles. The molecule has 0 aliphatic heterocycles. The van der Waals surface area contributed by atoms with Crippen LogP contribution in [0.4, 0.5) is 0 Å². The number of carbonyl (C=O) groups is 1. The van der Waals surface area contributed by atoms with Crippen molar-refractivity contribution < 1.29 is 14.8 Å². The average Bonchev–Trinajstić information content (AvgIpc) is 2.95. The van der Waals surface area contributed by atoms with Crippen molar-refractivity contribution in [1.82, 2.24) is 0 Å². The number of nitrogens with two attached hydrogens (primary N) is 1. The summed E-state index contributed by atoms with van der Waals surface area (Å²) in [5, 5.41) is 18.1. The van der Waals surface area contributed by atoms with Gasteiger partial charge in [0.2, 0.25) is 0 Å². The van der Waals surface area contributed by atoms with Crippen molar-refractivity contribution in [1.29, 1.82) is 0 Å². The van der Waals surface area contributed by atoms with E-state index in [2.05, 4.69) is 24.2 Å². The Labute approximate surface area is 186 Å². The predicted molar refractivity (Wildman–Crippen MR) is 120 cm³/mol. The molecule has 4 aliphatic rings. The molecular formula is C23H38ClN3O3. The Morgan fingerprint density at radius 2 is 1.90 bits per heavy atom. The summed E-state index contributed by atoms with van der Waals surface area (Å²) in [7, 11) is 0. The van der Waals surface area contributed by atoms with Crippen LogP contribution in [0.3, 0.4) is 0 Å². The number of fused-ring (bicyclic) bond motifs is 5. The van der Waals surface area contributed by atoms with E-state index in [1.54, 1.807) is 0 Å². The standard InChI is InChI=1S/C23H37N3O3.ClH/c1-21(2,24)13-29-26-14-7-9-22(3)17-8-10-23(4)16(5-6-20(23)27)15(17)12-19(25-28)18(22)11-14;/h15-18,28H,5-13,24H2,1-4H3;1H/t15-,16-,17-,18?,22+,23-;/m0./s1. The first-order valence-corrected chi connectivity index (χ1v) is 11.3. The molecule has 0 bridgehead atoms. The fraction of sp³-hybridized carbons (Fsp3) is 0.870. The molecule has 0 heterocycles. The highest BCUT2D eigenvalue weighted by molar-refractivity contribution is 5.96. The van der Waals surface area contributed by atoms with Gasteiger partial charge in [0.25, 0.3) is 0 Å². The van der Waals surface area contributed by atoms with Crippen LogP contribution in [-0.2, 0) is 9.63 Å². The van der Waals surface area contributed by atoms with Crippen LogP contribution < -0.4 is 5.73 Å². The van der Waals surface area contributed by atoms with Crippen molar-refractivity contribution in [3.63, 3.8) is 0 Å². The monoisotopic (exact) mass is 439 g/mol. The molecule has 3 N–H and O–H groups in total. The van der Waals surface area contributed by atoms with Crippen molar-refractivity contribution in [3.8, 4) is 0 Å². The maximum atomic E-state index is 12.6. The Morgan fingerprint density at radius 1 is 1.17 bits per heavy atom. The van der Waals surface area contributed by atoms with E-state index in [1.807, 2.05) is 13.8 Å². The maximum Gasteiger partial charge on any atom is 0.139 e. The molecule has 6 atom stereocenters. The number of oxime groups is 2. The van der Waals surface area contributed by atoms with Gasteiger partial charge in [0.1, 0.15) is 12.4 Å². The lowest BCUT2D eigenvalue weighted by Gasteiger charge is -2.59. The molecule has 4 rings (SSSR count). The summed E-state index contributed by atoms with van der Waals surface area (Å²) in [4.78, 5) is 18.1. The molecular weight excluding hydrogens is 402 g/mol. The molecule has 0 aromatic rings. The molecule has 0 radical (unpaired) electrons. The van der Waals surface area contributed by atoms with Crippen LogP contribution in [0.1, 0.15) is 79.1 Å². The smallest absolute Gasteiger partial charge is 0.139 e. The second-order valence-corrected chi connectivity index (χ2v) is 11.3. The van der Waals surface area contributed by atoms with Crippen LogP contribution in [0.2, 0.25) is 0 Å².